The number of para-hydroxylation sites is 3. The molecule has 0 radical (unpaired) electrons. The zero-order valence-electron chi connectivity index (χ0n) is 23.3. The third-order valence-corrected chi connectivity index (χ3v) is 10.3. The summed E-state index contributed by atoms with van der Waals surface area (Å²) in [6.45, 7) is 7.17. The Bertz CT molecular complexity index is 2250. The highest BCUT2D eigenvalue weighted by Gasteiger charge is 2.24. The molecule has 198 valence electrons. The molecule has 8 rings (SSSR count). The molecule has 2 aromatic heterocycles. The van der Waals surface area contributed by atoms with Crippen LogP contribution in [0.1, 0.15) is 0 Å². The minimum atomic E-state index is -1.47. The molecule has 0 amide bonds. The first kappa shape index (κ1) is 24.0. The first-order chi connectivity index (χ1) is 20.0. The number of hydrogen-bond donors (Lipinski definition) is 0. The molecule has 8 aromatic rings. The minimum Gasteiger partial charge on any atom is -0.455 e. The predicted octanol–water partition coefficient (Wildman–Crippen LogP) is 10.7. The van der Waals surface area contributed by atoms with Crippen LogP contribution in [-0.2, 0) is 0 Å². The molecule has 0 fully saturated rings. The maximum absolute atomic E-state index is 6.59. The van der Waals surface area contributed by atoms with E-state index in [0.717, 1.165) is 71.7 Å². The second kappa shape index (κ2) is 8.85. The zero-order chi connectivity index (χ0) is 27.7. The first-order valence-electron chi connectivity index (χ1n) is 14.1. The van der Waals surface area contributed by atoms with E-state index in [1.807, 2.05) is 24.3 Å². The Morgan fingerprint density at radius 3 is 1.68 bits per heavy atom. The maximum Gasteiger partial charge on any atom is 0.159 e. The highest BCUT2D eigenvalue weighted by atomic mass is 28.3. The fraction of sp³-hybridized carbons (Fsp3) is 0.0811. The van der Waals surface area contributed by atoms with Crippen LogP contribution in [0.15, 0.2) is 130 Å². The van der Waals surface area contributed by atoms with Gasteiger partial charge in [0, 0.05) is 38.0 Å². The number of furan rings is 2. The SMILES string of the molecule is C[Si](C)(C)c1ccc(N(c2cc3c4ccccc4oc3c3ccccc23)c2cccc3c2oc2ccccc23)cc1. The van der Waals surface area contributed by atoms with E-state index < -0.39 is 8.07 Å². The number of anilines is 3. The summed E-state index contributed by atoms with van der Waals surface area (Å²) < 4.78 is 13.0. The molecule has 0 aliphatic carbocycles. The Morgan fingerprint density at radius 2 is 1.00 bits per heavy atom. The minimum absolute atomic E-state index is 0.879. The maximum atomic E-state index is 6.59. The van der Waals surface area contributed by atoms with Gasteiger partial charge in [0.1, 0.15) is 16.7 Å². The van der Waals surface area contributed by atoms with Crippen molar-refractivity contribution in [1.82, 2.24) is 0 Å². The molecule has 0 saturated carbocycles. The second-order valence-corrected chi connectivity index (χ2v) is 16.9. The van der Waals surface area contributed by atoms with Gasteiger partial charge in [-0.3, -0.25) is 0 Å². The molecule has 0 atom stereocenters. The smallest absolute Gasteiger partial charge is 0.159 e. The highest BCUT2D eigenvalue weighted by molar-refractivity contribution is 6.88. The van der Waals surface area contributed by atoms with Crippen LogP contribution in [0.5, 0.6) is 0 Å². The largest absolute Gasteiger partial charge is 0.455 e. The molecule has 0 unspecified atom stereocenters. The fourth-order valence-electron chi connectivity index (χ4n) is 6.14. The average Bonchev–Trinajstić information content (AvgIpc) is 3.56. The van der Waals surface area contributed by atoms with Gasteiger partial charge >= 0.3 is 0 Å². The van der Waals surface area contributed by atoms with Gasteiger partial charge < -0.3 is 13.7 Å². The lowest BCUT2D eigenvalue weighted by Gasteiger charge is -2.28. The molecule has 0 aliphatic rings. The van der Waals surface area contributed by atoms with Crippen LogP contribution in [0.25, 0.3) is 54.6 Å². The molecule has 2 heterocycles. The summed E-state index contributed by atoms with van der Waals surface area (Å²) in [4.78, 5) is 2.36. The lowest BCUT2D eigenvalue weighted by Crippen LogP contribution is -2.37. The van der Waals surface area contributed by atoms with Crippen molar-refractivity contribution in [3.8, 4) is 0 Å². The Hall–Kier alpha value is -4.80. The van der Waals surface area contributed by atoms with Crippen molar-refractivity contribution in [1.29, 1.82) is 0 Å². The molecule has 3 nitrogen and oxygen atoms in total. The van der Waals surface area contributed by atoms with Crippen LogP contribution in [0, 0.1) is 0 Å². The van der Waals surface area contributed by atoms with E-state index >= 15 is 0 Å². The molecule has 6 aromatic carbocycles. The predicted molar refractivity (Wildman–Crippen MR) is 176 cm³/mol. The second-order valence-electron chi connectivity index (χ2n) is 11.8. The van der Waals surface area contributed by atoms with Crippen molar-refractivity contribution in [2.24, 2.45) is 0 Å². The number of nitrogens with zero attached hydrogens (tertiary/aromatic N) is 1. The summed E-state index contributed by atoms with van der Waals surface area (Å²) in [5.74, 6) is 0. The third-order valence-electron chi connectivity index (χ3n) is 8.22. The van der Waals surface area contributed by atoms with Gasteiger partial charge in [-0.05, 0) is 36.4 Å². The van der Waals surface area contributed by atoms with E-state index in [1.165, 1.54) is 5.19 Å². The van der Waals surface area contributed by atoms with Crippen LogP contribution in [0.2, 0.25) is 19.6 Å². The van der Waals surface area contributed by atoms with Crippen LogP contribution >= 0.6 is 0 Å². The van der Waals surface area contributed by atoms with Gasteiger partial charge in [0.15, 0.2) is 5.58 Å². The topological polar surface area (TPSA) is 29.5 Å². The molecule has 0 bridgehead atoms. The molecule has 0 saturated heterocycles. The molecule has 0 aliphatic heterocycles. The van der Waals surface area contributed by atoms with Crippen LogP contribution in [0.3, 0.4) is 0 Å². The van der Waals surface area contributed by atoms with E-state index in [1.54, 1.807) is 0 Å². The van der Waals surface area contributed by atoms with E-state index in [9.17, 15) is 0 Å². The average molecular weight is 548 g/mol. The third kappa shape index (κ3) is 3.71. The lowest BCUT2D eigenvalue weighted by atomic mass is 10.0. The Balaban J connectivity index is 1.49. The van der Waals surface area contributed by atoms with Gasteiger partial charge in [-0.1, -0.05) is 110 Å². The van der Waals surface area contributed by atoms with Gasteiger partial charge in [-0.25, -0.2) is 0 Å². The summed E-state index contributed by atoms with van der Waals surface area (Å²) in [6, 6.07) is 43.0. The van der Waals surface area contributed by atoms with E-state index in [4.69, 9.17) is 8.83 Å². The normalized spacial score (nSPS) is 12.3. The van der Waals surface area contributed by atoms with Crippen molar-refractivity contribution in [3.63, 3.8) is 0 Å². The number of rotatable bonds is 4. The van der Waals surface area contributed by atoms with Gasteiger partial charge in [-0.2, -0.15) is 0 Å². The van der Waals surface area contributed by atoms with Crippen LogP contribution < -0.4 is 10.1 Å². The standard InChI is InChI=1S/C37H29NO2Si/c1-41(2,3)25-21-19-24(20-22-25)38(32-16-10-15-30-27-12-6-8-17-34(27)40-37(30)32)33-23-31-28-13-7-9-18-35(28)39-36(31)29-14-5-4-11-26(29)33/h4-23H,1-3H3. The summed E-state index contributed by atoms with van der Waals surface area (Å²) in [7, 11) is -1.47. The zero-order valence-corrected chi connectivity index (χ0v) is 24.3. The van der Waals surface area contributed by atoms with Crippen molar-refractivity contribution in [2.45, 2.75) is 19.6 Å². The van der Waals surface area contributed by atoms with Gasteiger partial charge in [-0.15, -0.1) is 0 Å². The Kier molecular flexibility index (Phi) is 5.19. The molecule has 41 heavy (non-hydrogen) atoms. The number of benzene rings is 6. The molecule has 4 heteroatoms. The number of hydrogen-bond acceptors (Lipinski definition) is 3. The van der Waals surface area contributed by atoms with Gasteiger partial charge in [0.25, 0.3) is 0 Å². The van der Waals surface area contributed by atoms with Crippen molar-refractivity contribution < 1.29 is 8.83 Å². The van der Waals surface area contributed by atoms with Crippen LogP contribution in [-0.4, -0.2) is 8.07 Å². The molecule has 0 spiro atoms. The molecule has 0 N–H and O–H groups in total. The van der Waals surface area contributed by atoms with Crippen molar-refractivity contribution in [2.75, 3.05) is 4.90 Å². The summed E-state index contributed by atoms with van der Waals surface area (Å²) in [5.41, 5.74) is 6.79. The lowest BCUT2D eigenvalue weighted by molar-refractivity contribution is 0.669. The quantitative estimate of drug-likeness (QED) is 0.205. The highest BCUT2D eigenvalue weighted by Crippen LogP contribution is 2.47. The van der Waals surface area contributed by atoms with Crippen LogP contribution in [0.4, 0.5) is 17.1 Å². The summed E-state index contributed by atoms with van der Waals surface area (Å²) in [5, 5.41) is 8.11. The molecular formula is C37H29NO2Si. The first-order valence-corrected chi connectivity index (χ1v) is 17.6. The Labute approximate surface area is 239 Å². The van der Waals surface area contributed by atoms with Crippen molar-refractivity contribution >= 4 is 85.0 Å². The number of fused-ring (bicyclic) bond motifs is 8. The van der Waals surface area contributed by atoms with Gasteiger partial charge in [0.2, 0.25) is 0 Å². The summed E-state index contributed by atoms with van der Waals surface area (Å²) >= 11 is 0. The monoisotopic (exact) mass is 547 g/mol. The van der Waals surface area contributed by atoms with Crippen molar-refractivity contribution in [3.05, 3.63) is 121 Å². The van der Waals surface area contributed by atoms with Gasteiger partial charge in [0.05, 0.1) is 19.4 Å². The Morgan fingerprint density at radius 1 is 0.463 bits per heavy atom. The molecular weight excluding hydrogens is 518 g/mol. The fourth-order valence-corrected chi connectivity index (χ4v) is 7.31. The summed E-state index contributed by atoms with van der Waals surface area (Å²) in [6.07, 6.45) is 0. The van der Waals surface area contributed by atoms with E-state index in [2.05, 4.69) is 122 Å². The van der Waals surface area contributed by atoms with E-state index in [0.29, 0.717) is 0 Å². The van der Waals surface area contributed by atoms with E-state index in [-0.39, 0.29) is 0 Å².